The molecule has 1 heterocycles. The maximum Gasteiger partial charge on any atom is 0.0393 e. The Hall–Kier alpha value is -2.72. The summed E-state index contributed by atoms with van der Waals surface area (Å²) in [7, 11) is 0. The summed E-state index contributed by atoms with van der Waals surface area (Å²) < 4.78 is 0. The number of allylic oxidation sites excluding steroid dienone is 2. The number of aromatic amines is 1. The Bertz CT molecular complexity index is 807. The summed E-state index contributed by atoms with van der Waals surface area (Å²) in [6.45, 7) is 9.73. The third-order valence-electron chi connectivity index (χ3n) is 2.92. The smallest absolute Gasteiger partial charge is 0.0393 e. The lowest BCUT2D eigenvalue weighted by molar-refractivity contribution is 1.32. The van der Waals surface area contributed by atoms with Gasteiger partial charge in [-0.05, 0) is 30.7 Å². The van der Waals surface area contributed by atoms with E-state index in [0.717, 1.165) is 27.3 Å². The molecule has 0 aliphatic carbocycles. The molecule has 2 aromatic rings. The summed E-state index contributed by atoms with van der Waals surface area (Å²) in [5.74, 6) is 6.41. The second-order valence-corrected chi connectivity index (χ2v) is 4.36. The molecular weight excluding hydrogens is 242 g/mol. The number of hydrogen-bond acceptors (Lipinski definition) is 0. The summed E-state index contributed by atoms with van der Waals surface area (Å²) in [6.07, 6.45) is 7.68. The normalized spacial score (nSPS) is 11.8. The number of nitrogens with one attached hydrogen (secondary N) is 1. The molecule has 98 valence electrons. The zero-order valence-electron chi connectivity index (χ0n) is 11.6. The minimum absolute atomic E-state index is 0.882. The van der Waals surface area contributed by atoms with E-state index in [1.807, 2.05) is 61.7 Å². The molecular formula is C19H17N. The molecule has 0 fully saturated rings. The SMILES string of the molecule is C=Cc1cccc(C#CC(/C=C\C)=c2\cc[nH]c2=C)c1. The van der Waals surface area contributed by atoms with Crippen LogP contribution >= 0.6 is 0 Å². The van der Waals surface area contributed by atoms with Crippen LogP contribution in [-0.4, -0.2) is 4.98 Å². The van der Waals surface area contributed by atoms with Gasteiger partial charge >= 0.3 is 0 Å². The van der Waals surface area contributed by atoms with Gasteiger partial charge in [0.1, 0.15) is 0 Å². The van der Waals surface area contributed by atoms with E-state index in [0.29, 0.717) is 0 Å². The van der Waals surface area contributed by atoms with E-state index in [1.165, 1.54) is 0 Å². The van der Waals surface area contributed by atoms with Crippen molar-refractivity contribution < 1.29 is 0 Å². The van der Waals surface area contributed by atoms with Crippen LogP contribution < -0.4 is 10.6 Å². The Balaban J connectivity index is 2.51. The average Bonchev–Trinajstić information content (AvgIpc) is 2.90. The minimum atomic E-state index is 0.882. The highest BCUT2D eigenvalue weighted by Crippen LogP contribution is 2.05. The van der Waals surface area contributed by atoms with Crippen LogP contribution in [0.3, 0.4) is 0 Å². The molecule has 1 aromatic heterocycles. The molecule has 0 aliphatic heterocycles. The van der Waals surface area contributed by atoms with Gasteiger partial charge < -0.3 is 4.98 Å². The van der Waals surface area contributed by atoms with Gasteiger partial charge in [-0.15, -0.1) is 0 Å². The van der Waals surface area contributed by atoms with Crippen molar-refractivity contribution in [3.05, 3.63) is 77.0 Å². The Kier molecular flexibility index (Phi) is 4.42. The van der Waals surface area contributed by atoms with Crippen molar-refractivity contribution in [2.45, 2.75) is 6.92 Å². The first-order valence-corrected chi connectivity index (χ1v) is 6.48. The molecule has 0 unspecified atom stereocenters. The first-order chi connectivity index (χ1) is 9.74. The van der Waals surface area contributed by atoms with Crippen molar-refractivity contribution >= 4 is 18.2 Å². The van der Waals surface area contributed by atoms with Crippen LogP contribution in [0.15, 0.2) is 55.3 Å². The molecule has 0 spiro atoms. The molecule has 2 rings (SSSR count). The highest BCUT2D eigenvalue weighted by Gasteiger charge is 1.93. The molecule has 1 N–H and O–H groups in total. The molecule has 0 bridgehead atoms. The van der Waals surface area contributed by atoms with Crippen molar-refractivity contribution in [3.8, 4) is 11.8 Å². The van der Waals surface area contributed by atoms with Gasteiger partial charge in [-0.25, -0.2) is 0 Å². The van der Waals surface area contributed by atoms with Gasteiger partial charge in [0.25, 0.3) is 0 Å². The van der Waals surface area contributed by atoms with E-state index < -0.39 is 0 Å². The topological polar surface area (TPSA) is 15.8 Å². The van der Waals surface area contributed by atoms with Gasteiger partial charge in [0.2, 0.25) is 0 Å². The molecule has 0 amide bonds. The van der Waals surface area contributed by atoms with Crippen molar-refractivity contribution in [3.63, 3.8) is 0 Å². The largest absolute Gasteiger partial charge is 0.362 e. The van der Waals surface area contributed by atoms with E-state index in [4.69, 9.17) is 0 Å². The van der Waals surface area contributed by atoms with Crippen molar-refractivity contribution in [2.24, 2.45) is 0 Å². The van der Waals surface area contributed by atoms with Crippen molar-refractivity contribution in [1.82, 2.24) is 4.98 Å². The number of rotatable bonds is 2. The Morgan fingerprint density at radius 3 is 2.80 bits per heavy atom. The first-order valence-electron chi connectivity index (χ1n) is 6.48. The third-order valence-corrected chi connectivity index (χ3v) is 2.92. The molecule has 0 saturated heterocycles. The predicted molar refractivity (Wildman–Crippen MR) is 87.2 cm³/mol. The standard InChI is InChI=1S/C19H17N/c1-4-7-18(19-12-13-20-15(19)3)11-10-17-9-6-8-16(5-2)14-17/h4-9,12-14,20H,2-3H2,1H3/b7-4-,19-18+. The van der Waals surface area contributed by atoms with E-state index in [2.05, 4.69) is 30.0 Å². The molecule has 0 radical (unpaired) electrons. The third kappa shape index (κ3) is 3.18. The maximum atomic E-state index is 3.97. The Morgan fingerprint density at radius 2 is 2.15 bits per heavy atom. The fourth-order valence-corrected chi connectivity index (χ4v) is 1.90. The highest BCUT2D eigenvalue weighted by molar-refractivity contribution is 5.73. The number of benzene rings is 1. The van der Waals surface area contributed by atoms with Crippen LogP contribution in [0, 0.1) is 11.8 Å². The van der Waals surface area contributed by atoms with Crippen LogP contribution in [0.1, 0.15) is 18.1 Å². The predicted octanol–water partition coefficient (Wildman–Crippen LogP) is 2.85. The lowest BCUT2D eigenvalue weighted by Crippen LogP contribution is -2.22. The average molecular weight is 259 g/mol. The van der Waals surface area contributed by atoms with E-state index >= 15 is 0 Å². The van der Waals surface area contributed by atoms with Crippen LogP contribution in [0.5, 0.6) is 0 Å². The first kappa shape index (κ1) is 13.7. The molecule has 0 aliphatic rings. The number of H-pyrrole nitrogens is 1. The molecule has 0 saturated carbocycles. The van der Waals surface area contributed by atoms with Gasteiger partial charge in [0.15, 0.2) is 0 Å². The fraction of sp³-hybridized carbons (Fsp3) is 0.0526. The second kappa shape index (κ2) is 6.45. The molecule has 1 nitrogen and oxygen atoms in total. The van der Waals surface area contributed by atoms with Gasteiger partial charge in [0, 0.05) is 27.9 Å². The molecule has 0 atom stereocenters. The lowest BCUT2D eigenvalue weighted by atomic mass is 10.1. The highest BCUT2D eigenvalue weighted by atomic mass is 14.6. The summed E-state index contributed by atoms with van der Waals surface area (Å²) in [5, 5.41) is 1.92. The van der Waals surface area contributed by atoms with Gasteiger partial charge in [-0.2, -0.15) is 0 Å². The van der Waals surface area contributed by atoms with Crippen LogP contribution in [-0.2, 0) is 0 Å². The van der Waals surface area contributed by atoms with Crippen LogP contribution in [0.25, 0.3) is 18.2 Å². The van der Waals surface area contributed by atoms with Gasteiger partial charge in [0.05, 0.1) is 0 Å². The number of hydrogen-bond donors (Lipinski definition) is 1. The lowest BCUT2D eigenvalue weighted by Gasteiger charge is -1.94. The second-order valence-electron chi connectivity index (χ2n) is 4.36. The van der Waals surface area contributed by atoms with E-state index in [9.17, 15) is 0 Å². The summed E-state index contributed by atoms with van der Waals surface area (Å²) in [5.41, 5.74) is 3.01. The maximum absolute atomic E-state index is 3.97. The Labute approximate surface area is 119 Å². The van der Waals surface area contributed by atoms with Gasteiger partial charge in [-0.3, -0.25) is 0 Å². The monoisotopic (exact) mass is 259 g/mol. The zero-order chi connectivity index (χ0) is 14.4. The number of aromatic nitrogens is 1. The summed E-state index contributed by atoms with van der Waals surface area (Å²) >= 11 is 0. The zero-order valence-corrected chi connectivity index (χ0v) is 11.6. The van der Waals surface area contributed by atoms with Crippen LogP contribution in [0.2, 0.25) is 0 Å². The molecule has 20 heavy (non-hydrogen) atoms. The van der Waals surface area contributed by atoms with Gasteiger partial charge in [-0.1, -0.05) is 55.4 Å². The molecule has 1 aromatic carbocycles. The van der Waals surface area contributed by atoms with E-state index in [-0.39, 0.29) is 0 Å². The fourth-order valence-electron chi connectivity index (χ4n) is 1.90. The Morgan fingerprint density at radius 1 is 1.30 bits per heavy atom. The summed E-state index contributed by atoms with van der Waals surface area (Å²) in [6, 6.07) is 10.0. The van der Waals surface area contributed by atoms with Crippen molar-refractivity contribution in [2.75, 3.05) is 0 Å². The quantitative estimate of drug-likeness (QED) is 0.798. The van der Waals surface area contributed by atoms with Crippen LogP contribution in [0.4, 0.5) is 0 Å². The van der Waals surface area contributed by atoms with Crippen molar-refractivity contribution in [1.29, 1.82) is 0 Å². The summed E-state index contributed by atoms with van der Waals surface area (Å²) in [4.78, 5) is 3.08. The minimum Gasteiger partial charge on any atom is -0.362 e. The molecule has 1 heteroatoms. The van der Waals surface area contributed by atoms with E-state index in [1.54, 1.807) is 0 Å².